The molecule has 0 aliphatic carbocycles. The molecule has 0 aliphatic rings. The van der Waals surface area contributed by atoms with E-state index >= 15 is 0 Å². The van der Waals surface area contributed by atoms with Gasteiger partial charge in [0, 0.05) is 35.1 Å². The Morgan fingerprint density at radius 2 is 2.10 bits per heavy atom. The Bertz CT molecular complexity index is 1020. The van der Waals surface area contributed by atoms with Crippen molar-refractivity contribution in [2.75, 3.05) is 11.9 Å². The van der Waals surface area contributed by atoms with Gasteiger partial charge < -0.3 is 21.8 Å². The van der Waals surface area contributed by atoms with Crippen molar-refractivity contribution in [1.82, 2.24) is 15.0 Å². The van der Waals surface area contributed by atoms with Crippen molar-refractivity contribution in [2.24, 2.45) is 22.4 Å². The van der Waals surface area contributed by atoms with Gasteiger partial charge in [-0.2, -0.15) is 0 Å². The fourth-order valence-electron chi connectivity index (χ4n) is 3.00. The van der Waals surface area contributed by atoms with E-state index in [2.05, 4.69) is 20.3 Å². The van der Waals surface area contributed by atoms with Gasteiger partial charge in [0.15, 0.2) is 11.8 Å². The topological polar surface area (TPSA) is 135 Å². The fourth-order valence-corrected chi connectivity index (χ4v) is 3.00. The number of nitrogens with one attached hydrogen (secondary N) is 2. The number of anilines is 1. The first-order valence-electron chi connectivity index (χ1n) is 9.78. The van der Waals surface area contributed by atoms with Gasteiger partial charge in [0.25, 0.3) is 0 Å². The van der Waals surface area contributed by atoms with Gasteiger partial charge in [-0.05, 0) is 25.3 Å². The van der Waals surface area contributed by atoms with E-state index in [1.807, 2.05) is 44.3 Å². The van der Waals surface area contributed by atoms with E-state index in [-0.39, 0.29) is 17.8 Å². The van der Waals surface area contributed by atoms with Crippen LogP contribution < -0.4 is 16.8 Å². The van der Waals surface area contributed by atoms with E-state index in [1.54, 1.807) is 6.20 Å². The Morgan fingerprint density at radius 3 is 2.86 bits per heavy atom. The predicted octanol–water partition coefficient (Wildman–Crippen LogP) is 2.82. The molecular formula is C21H27N7O. The van der Waals surface area contributed by atoms with Crippen LogP contribution in [0.4, 0.5) is 5.82 Å². The van der Waals surface area contributed by atoms with Crippen LogP contribution >= 0.6 is 0 Å². The van der Waals surface area contributed by atoms with E-state index in [0.29, 0.717) is 25.2 Å². The summed E-state index contributed by atoms with van der Waals surface area (Å²) in [6, 6.07) is 8.03. The molecule has 0 saturated heterocycles. The smallest absolute Gasteiger partial charge is 0.228 e. The monoisotopic (exact) mass is 393 g/mol. The summed E-state index contributed by atoms with van der Waals surface area (Å²) in [7, 11) is 0. The largest absolute Gasteiger partial charge is 0.370 e. The summed E-state index contributed by atoms with van der Waals surface area (Å²) in [6.07, 6.45) is 5.66. The number of nitrogens with two attached hydrogens (primary N) is 2. The molecule has 3 rings (SSSR count). The number of H-pyrrole nitrogens is 1. The van der Waals surface area contributed by atoms with Crippen LogP contribution in [0.2, 0.25) is 0 Å². The number of carbonyl (C=O) groups excluding carboxylic acids is 1. The number of benzene rings is 1. The highest BCUT2D eigenvalue weighted by Gasteiger charge is 2.16. The SMILES string of the molecule is CC[C@H](C)C(=O)Nc1ncc(-c2c[nH]c3ccccc23)nc1CCCN=C(N)N. The molecule has 1 amide bonds. The maximum Gasteiger partial charge on any atom is 0.228 e. The lowest BCUT2D eigenvalue weighted by Gasteiger charge is -2.13. The lowest BCUT2D eigenvalue weighted by Crippen LogP contribution is -2.23. The zero-order valence-electron chi connectivity index (χ0n) is 16.8. The number of rotatable bonds is 8. The maximum atomic E-state index is 12.4. The summed E-state index contributed by atoms with van der Waals surface area (Å²) in [5.41, 5.74) is 14.3. The van der Waals surface area contributed by atoms with E-state index in [0.717, 1.165) is 34.3 Å². The Morgan fingerprint density at radius 1 is 1.31 bits per heavy atom. The Balaban J connectivity index is 1.92. The van der Waals surface area contributed by atoms with Crippen LogP contribution in [0.15, 0.2) is 41.7 Å². The van der Waals surface area contributed by atoms with Crippen LogP contribution in [0.1, 0.15) is 32.4 Å². The molecule has 6 N–H and O–H groups in total. The molecule has 1 atom stereocenters. The molecule has 29 heavy (non-hydrogen) atoms. The van der Waals surface area contributed by atoms with Crippen molar-refractivity contribution < 1.29 is 4.79 Å². The number of aromatic amines is 1. The second-order valence-corrected chi connectivity index (χ2v) is 7.01. The van der Waals surface area contributed by atoms with Crippen molar-refractivity contribution in [3.8, 4) is 11.3 Å². The van der Waals surface area contributed by atoms with Gasteiger partial charge in [0.05, 0.1) is 17.6 Å². The van der Waals surface area contributed by atoms with Gasteiger partial charge in [-0.1, -0.05) is 32.0 Å². The molecule has 152 valence electrons. The Hall–Kier alpha value is -3.42. The van der Waals surface area contributed by atoms with Crippen LogP contribution in [-0.4, -0.2) is 33.4 Å². The molecule has 0 fully saturated rings. The fraction of sp³-hybridized carbons (Fsp3) is 0.333. The van der Waals surface area contributed by atoms with Gasteiger partial charge in [-0.3, -0.25) is 9.79 Å². The number of amides is 1. The summed E-state index contributed by atoms with van der Waals surface area (Å²) in [4.78, 5) is 29.0. The molecule has 8 heteroatoms. The number of carbonyl (C=O) groups is 1. The number of nitrogens with zero attached hydrogens (tertiary/aromatic N) is 3. The standard InChI is InChI=1S/C21H27N7O/c1-3-13(2)20(29)28-19-17(9-6-10-24-21(22)23)27-18(12-26-19)15-11-25-16-8-5-4-7-14(15)16/h4-5,7-8,11-13,25H,3,6,9-10H2,1-2H3,(H4,22,23,24)(H,26,28,29)/t13-/m0/s1. The van der Waals surface area contributed by atoms with E-state index in [4.69, 9.17) is 16.5 Å². The molecular weight excluding hydrogens is 366 g/mol. The molecule has 0 aliphatic heterocycles. The van der Waals surface area contributed by atoms with Crippen molar-refractivity contribution >= 4 is 28.6 Å². The predicted molar refractivity (Wildman–Crippen MR) is 116 cm³/mol. The molecule has 0 radical (unpaired) electrons. The van der Waals surface area contributed by atoms with Crippen molar-refractivity contribution in [1.29, 1.82) is 0 Å². The first-order chi connectivity index (χ1) is 14.0. The number of para-hydroxylation sites is 1. The van der Waals surface area contributed by atoms with Crippen LogP contribution in [-0.2, 0) is 11.2 Å². The van der Waals surface area contributed by atoms with Crippen molar-refractivity contribution in [3.63, 3.8) is 0 Å². The number of aryl methyl sites for hydroxylation is 1. The van der Waals surface area contributed by atoms with Gasteiger partial charge in [-0.15, -0.1) is 0 Å². The Labute approximate surface area is 169 Å². The molecule has 0 bridgehead atoms. The Kier molecular flexibility index (Phi) is 6.43. The lowest BCUT2D eigenvalue weighted by molar-refractivity contribution is -0.119. The highest BCUT2D eigenvalue weighted by atomic mass is 16.1. The van der Waals surface area contributed by atoms with E-state index < -0.39 is 0 Å². The maximum absolute atomic E-state index is 12.4. The molecule has 2 heterocycles. The second kappa shape index (κ2) is 9.18. The van der Waals surface area contributed by atoms with E-state index in [1.165, 1.54) is 0 Å². The van der Waals surface area contributed by atoms with Crippen LogP contribution in [0.5, 0.6) is 0 Å². The number of aromatic nitrogens is 3. The number of fused-ring (bicyclic) bond motifs is 1. The molecule has 0 unspecified atom stereocenters. The summed E-state index contributed by atoms with van der Waals surface area (Å²) >= 11 is 0. The summed E-state index contributed by atoms with van der Waals surface area (Å²) in [5, 5.41) is 3.99. The number of hydrogen-bond donors (Lipinski definition) is 4. The normalized spacial score (nSPS) is 11.9. The first-order valence-corrected chi connectivity index (χ1v) is 9.78. The second-order valence-electron chi connectivity index (χ2n) is 7.01. The van der Waals surface area contributed by atoms with E-state index in [9.17, 15) is 4.79 Å². The average molecular weight is 393 g/mol. The summed E-state index contributed by atoms with van der Waals surface area (Å²) in [5.74, 6) is 0.393. The van der Waals surface area contributed by atoms with Gasteiger partial charge in [0.2, 0.25) is 5.91 Å². The van der Waals surface area contributed by atoms with Crippen LogP contribution in [0.25, 0.3) is 22.2 Å². The average Bonchev–Trinajstić information content (AvgIpc) is 3.15. The third-order valence-electron chi connectivity index (χ3n) is 4.88. The molecule has 8 nitrogen and oxygen atoms in total. The van der Waals surface area contributed by atoms with Crippen molar-refractivity contribution in [3.05, 3.63) is 42.4 Å². The first kappa shape index (κ1) is 20.3. The number of hydrogen-bond acceptors (Lipinski definition) is 4. The molecule has 1 aromatic carbocycles. The summed E-state index contributed by atoms with van der Waals surface area (Å²) in [6.45, 7) is 4.35. The highest BCUT2D eigenvalue weighted by Crippen LogP contribution is 2.28. The van der Waals surface area contributed by atoms with Crippen LogP contribution in [0, 0.1) is 5.92 Å². The van der Waals surface area contributed by atoms with Crippen LogP contribution in [0.3, 0.4) is 0 Å². The molecule has 2 aromatic heterocycles. The third-order valence-corrected chi connectivity index (χ3v) is 4.88. The molecule has 3 aromatic rings. The zero-order valence-corrected chi connectivity index (χ0v) is 16.8. The van der Waals surface area contributed by atoms with Gasteiger partial charge in [-0.25, -0.2) is 9.97 Å². The van der Waals surface area contributed by atoms with Crippen molar-refractivity contribution in [2.45, 2.75) is 33.1 Å². The molecule has 0 saturated carbocycles. The molecule has 0 spiro atoms. The minimum atomic E-state index is -0.0976. The summed E-state index contributed by atoms with van der Waals surface area (Å²) < 4.78 is 0. The zero-order chi connectivity index (χ0) is 20.8. The van der Waals surface area contributed by atoms with Gasteiger partial charge >= 0.3 is 0 Å². The third kappa shape index (κ3) is 4.90. The quantitative estimate of drug-likeness (QED) is 0.265. The minimum absolute atomic E-state index is 0.0629. The highest BCUT2D eigenvalue weighted by molar-refractivity contribution is 5.95. The number of aliphatic imine (C=N–C) groups is 1. The number of guanidine groups is 1. The lowest BCUT2D eigenvalue weighted by atomic mass is 10.1. The minimum Gasteiger partial charge on any atom is -0.370 e. The van der Waals surface area contributed by atoms with Gasteiger partial charge in [0.1, 0.15) is 0 Å².